The van der Waals surface area contributed by atoms with Gasteiger partial charge in [0.1, 0.15) is 0 Å². The maximum absolute atomic E-state index is 6.05. The van der Waals surface area contributed by atoms with E-state index in [1.807, 2.05) is 11.7 Å². The molecule has 76 valence electrons. The largest absolute Gasteiger partial charge is 0.335 e. The fourth-order valence-corrected chi connectivity index (χ4v) is 1.67. The molecule has 1 aliphatic carbocycles. The van der Waals surface area contributed by atoms with Gasteiger partial charge in [-0.2, -0.15) is 4.98 Å². The fraction of sp³-hybridized carbons (Fsp3) is 0.556. The van der Waals surface area contributed by atoms with Crippen molar-refractivity contribution in [2.24, 2.45) is 5.73 Å². The summed E-state index contributed by atoms with van der Waals surface area (Å²) in [7, 11) is 0. The first kappa shape index (κ1) is 9.73. The van der Waals surface area contributed by atoms with Crippen LogP contribution in [0.15, 0.2) is 9.93 Å². The number of nitrogens with zero attached hydrogens (tertiary/aromatic N) is 2. The van der Waals surface area contributed by atoms with Crippen LogP contribution in [0.4, 0.5) is 0 Å². The van der Waals surface area contributed by atoms with Crippen LogP contribution in [0.25, 0.3) is 6.08 Å². The monoisotopic (exact) mass is 211 g/mol. The summed E-state index contributed by atoms with van der Waals surface area (Å²) in [6.45, 7) is 0. The van der Waals surface area contributed by atoms with Gasteiger partial charge in [-0.3, -0.25) is 0 Å². The molecule has 0 saturated heterocycles. The van der Waals surface area contributed by atoms with Crippen molar-refractivity contribution in [2.75, 3.05) is 6.26 Å². The van der Waals surface area contributed by atoms with Crippen LogP contribution in [0.5, 0.6) is 0 Å². The molecule has 1 saturated carbocycles. The van der Waals surface area contributed by atoms with E-state index in [1.165, 1.54) is 0 Å². The Balaban J connectivity index is 2.13. The molecule has 1 aliphatic rings. The Hall–Kier alpha value is -0.810. The lowest BCUT2D eigenvalue weighted by Gasteiger charge is -2.34. The van der Waals surface area contributed by atoms with Gasteiger partial charge in [-0.15, -0.1) is 11.8 Å². The maximum Gasteiger partial charge on any atom is 0.251 e. The number of hydrogen-bond acceptors (Lipinski definition) is 5. The molecule has 1 heterocycles. The van der Waals surface area contributed by atoms with Crippen molar-refractivity contribution in [3.63, 3.8) is 0 Å². The molecule has 0 spiro atoms. The second-order valence-electron chi connectivity index (χ2n) is 3.50. The van der Waals surface area contributed by atoms with Crippen molar-refractivity contribution in [3.05, 3.63) is 17.1 Å². The smallest absolute Gasteiger partial charge is 0.251 e. The molecule has 2 N–H and O–H groups in total. The average Bonchev–Trinajstić information content (AvgIpc) is 2.59. The molecule has 2 rings (SSSR count). The highest BCUT2D eigenvalue weighted by molar-refractivity contribution is 8.01. The zero-order valence-corrected chi connectivity index (χ0v) is 8.88. The molecule has 14 heavy (non-hydrogen) atoms. The SMILES string of the molecule is CS/C=C/c1nc(C2(N)CCC2)no1. The summed E-state index contributed by atoms with van der Waals surface area (Å²) >= 11 is 1.59. The average molecular weight is 211 g/mol. The molecular formula is C9H13N3OS. The van der Waals surface area contributed by atoms with Crippen LogP contribution in [0.1, 0.15) is 31.0 Å². The summed E-state index contributed by atoms with van der Waals surface area (Å²) in [5, 5.41) is 5.80. The van der Waals surface area contributed by atoms with Crippen molar-refractivity contribution in [3.8, 4) is 0 Å². The molecule has 0 unspecified atom stereocenters. The lowest BCUT2D eigenvalue weighted by molar-refractivity contribution is 0.229. The van der Waals surface area contributed by atoms with Crippen molar-refractivity contribution < 1.29 is 4.52 Å². The number of aromatic nitrogens is 2. The summed E-state index contributed by atoms with van der Waals surface area (Å²) in [5.41, 5.74) is 5.73. The van der Waals surface area contributed by atoms with Gasteiger partial charge < -0.3 is 10.3 Å². The molecule has 0 aromatic carbocycles. The molecule has 5 heteroatoms. The van der Waals surface area contributed by atoms with Crippen molar-refractivity contribution in [1.82, 2.24) is 10.1 Å². The van der Waals surface area contributed by atoms with Gasteiger partial charge in [-0.1, -0.05) is 5.16 Å². The third kappa shape index (κ3) is 1.69. The Morgan fingerprint density at radius 1 is 1.57 bits per heavy atom. The Morgan fingerprint density at radius 3 is 2.93 bits per heavy atom. The second kappa shape index (κ2) is 3.74. The van der Waals surface area contributed by atoms with Gasteiger partial charge in [0.15, 0.2) is 5.82 Å². The molecule has 1 aromatic rings. The predicted octanol–water partition coefficient (Wildman–Crippen LogP) is 1.74. The first-order chi connectivity index (χ1) is 6.74. The molecule has 0 radical (unpaired) electrons. The van der Waals surface area contributed by atoms with Crippen molar-refractivity contribution in [2.45, 2.75) is 24.8 Å². The minimum Gasteiger partial charge on any atom is -0.335 e. The lowest BCUT2D eigenvalue weighted by Crippen LogP contribution is -2.44. The van der Waals surface area contributed by atoms with Crippen molar-refractivity contribution >= 4 is 17.8 Å². The van der Waals surface area contributed by atoms with E-state index in [9.17, 15) is 0 Å². The van der Waals surface area contributed by atoms with E-state index < -0.39 is 0 Å². The van der Waals surface area contributed by atoms with Gasteiger partial charge in [0.2, 0.25) is 0 Å². The van der Waals surface area contributed by atoms with Crippen LogP contribution in [0, 0.1) is 0 Å². The first-order valence-electron chi connectivity index (χ1n) is 4.57. The van der Waals surface area contributed by atoms with E-state index in [1.54, 1.807) is 17.8 Å². The van der Waals surface area contributed by atoms with E-state index in [2.05, 4.69) is 10.1 Å². The Morgan fingerprint density at radius 2 is 2.36 bits per heavy atom. The Bertz CT molecular complexity index is 344. The fourth-order valence-electron chi connectivity index (χ4n) is 1.41. The Labute approximate surface area is 86.9 Å². The summed E-state index contributed by atoms with van der Waals surface area (Å²) in [5.74, 6) is 1.18. The molecule has 4 nitrogen and oxygen atoms in total. The van der Waals surface area contributed by atoms with E-state index in [-0.39, 0.29) is 5.54 Å². The Kier molecular flexibility index (Phi) is 2.60. The molecule has 1 fully saturated rings. The topological polar surface area (TPSA) is 64.9 Å². The summed E-state index contributed by atoms with van der Waals surface area (Å²) in [6.07, 6.45) is 6.84. The van der Waals surface area contributed by atoms with Crippen LogP contribution in [0.3, 0.4) is 0 Å². The quantitative estimate of drug-likeness (QED) is 0.825. The molecule has 0 aliphatic heterocycles. The molecule has 0 bridgehead atoms. The number of nitrogens with two attached hydrogens (primary N) is 1. The van der Waals surface area contributed by atoms with E-state index in [0.29, 0.717) is 11.7 Å². The van der Waals surface area contributed by atoms with Gasteiger partial charge in [0.05, 0.1) is 5.54 Å². The summed E-state index contributed by atoms with van der Waals surface area (Å²) < 4.78 is 5.05. The predicted molar refractivity (Wildman–Crippen MR) is 56.6 cm³/mol. The zero-order chi connectivity index (χ0) is 10.0. The summed E-state index contributed by atoms with van der Waals surface area (Å²) in [6, 6.07) is 0. The molecular weight excluding hydrogens is 198 g/mol. The standard InChI is InChI=1S/C9H13N3OS/c1-14-6-3-7-11-8(12-13-7)9(10)4-2-5-9/h3,6H,2,4-5,10H2,1H3/b6-3+. The second-order valence-corrected chi connectivity index (χ2v) is 4.25. The van der Waals surface area contributed by atoms with Crippen LogP contribution >= 0.6 is 11.8 Å². The van der Waals surface area contributed by atoms with E-state index in [4.69, 9.17) is 10.3 Å². The zero-order valence-electron chi connectivity index (χ0n) is 8.06. The maximum atomic E-state index is 6.05. The van der Waals surface area contributed by atoms with E-state index in [0.717, 1.165) is 19.3 Å². The third-order valence-electron chi connectivity index (χ3n) is 2.48. The third-order valence-corrected chi connectivity index (χ3v) is 2.89. The van der Waals surface area contributed by atoms with Crippen LogP contribution in [-0.2, 0) is 5.54 Å². The van der Waals surface area contributed by atoms with Gasteiger partial charge in [0.25, 0.3) is 5.89 Å². The highest BCUT2D eigenvalue weighted by Crippen LogP contribution is 2.36. The minimum absolute atomic E-state index is 0.324. The molecule has 0 atom stereocenters. The van der Waals surface area contributed by atoms with Crippen LogP contribution in [-0.4, -0.2) is 16.4 Å². The normalized spacial score (nSPS) is 19.9. The number of hydrogen-bond donors (Lipinski definition) is 1. The van der Waals surface area contributed by atoms with Crippen LogP contribution < -0.4 is 5.73 Å². The van der Waals surface area contributed by atoms with E-state index >= 15 is 0 Å². The van der Waals surface area contributed by atoms with Gasteiger partial charge in [0, 0.05) is 6.08 Å². The van der Waals surface area contributed by atoms with Gasteiger partial charge in [-0.05, 0) is 30.9 Å². The minimum atomic E-state index is -0.324. The highest BCUT2D eigenvalue weighted by atomic mass is 32.2. The van der Waals surface area contributed by atoms with Crippen molar-refractivity contribution in [1.29, 1.82) is 0 Å². The lowest BCUT2D eigenvalue weighted by atomic mass is 9.77. The first-order valence-corrected chi connectivity index (χ1v) is 5.86. The van der Waals surface area contributed by atoms with Gasteiger partial charge in [-0.25, -0.2) is 0 Å². The van der Waals surface area contributed by atoms with Gasteiger partial charge >= 0.3 is 0 Å². The number of thioether (sulfide) groups is 1. The summed E-state index contributed by atoms with van der Waals surface area (Å²) in [4.78, 5) is 4.24. The highest BCUT2D eigenvalue weighted by Gasteiger charge is 2.38. The molecule has 1 aromatic heterocycles. The molecule has 0 amide bonds. The number of rotatable bonds is 3. The van der Waals surface area contributed by atoms with Crippen LogP contribution in [0.2, 0.25) is 0 Å².